The number of nitrogens with one attached hydrogen (secondary N) is 2. The molecule has 2 N–H and O–H groups in total. The summed E-state index contributed by atoms with van der Waals surface area (Å²) in [6, 6.07) is 15.0. The third-order valence-electron chi connectivity index (χ3n) is 3.65. The number of halogens is 1. The summed E-state index contributed by atoms with van der Waals surface area (Å²) in [4.78, 5) is 15.5. The van der Waals surface area contributed by atoms with Gasteiger partial charge in [-0.2, -0.15) is 5.10 Å². The van der Waals surface area contributed by atoms with Gasteiger partial charge in [0.2, 0.25) is 5.91 Å². The summed E-state index contributed by atoms with van der Waals surface area (Å²) in [5.41, 5.74) is 7.19. The summed E-state index contributed by atoms with van der Waals surface area (Å²) >= 11 is 6.01. The molecule has 1 aromatic heterocycles. The Labute approximate surface area is 150 Å². The summed E-state index contributed by atoms with van der Waals surface area (Å²) < 4.78 is 0. The number of fused-ring (bicyclic) bond motifs is 1. The fourth-order valence-corrected chi connectivity index (χ4v) is 2.62. The molecule has 3 aromatic rings. The van der Waals surface area contributed by atoms with Crippen molar-refractivity contribution in [1.29, 1.82) is 0 Å². The molecule has 5 nitrogen and oxygen atoms in total. The average molecular weight is 353 g/mol. The average Bonchev–Trinajstić information content (AvgIpc) is 2.59. The highest BCUT2D eigenvalue weighted by atomic mass is 35.5. The molecule has 0 atom stereocenters. The van der Waals surface area contributed by atoms with Crippen molar-refractivity contribution in [2.45, 2.75) is 13.8 Å². The summed E-state index contributed by atoms with van der Waals surface area (Å²) in [7, 11) is 0. The molecule has 0 fully saturated rings. The van der Waals surface area contributed by atoms with Crippen LogP contribution in [0.2, 0.25) is 5.02 Å². The highest BCUT2D eigenvalue weighted by Gasteiger charge is 2.04. The number of carbonyl (C=O) groups is 1. The second-order valence-electron chi connectivity index (χ2n) is 5.59. The molecule has 1 amide bonds. The van der Waals surface area contributed by atoms with Crippen LogP contribution in [0, 0.1) is 0 Å². The fraction of sp³-hybridized carbons (Fsp3) is 0.105. The van der Waals surface area contributed by atoms with Crippen molar-refractivity contribution in [2.75, 3.05) is 10.7 Å². The SMILES string of the molecule is CC(=O)Nc1cccc(/C(C)=N/Nc2ccnc3cc(Cl)ccc23)c1. The molecule has 0 radical (unpaired) electrons. The maximum atomic E-state index is 11.2. The quantitative estimate of drug-likeness (QED) is 0.529. The van der Waals surface area contributed by atoms with Gasteiger partial charge in [0.25, 0.3) is 0 Å². The van der Waals surface area contributed by atoms with Crippen LogP contribution in [0.25, 0.3) is 10.9 Å². The van der Waals surface area contributed by atoms with Crippen molar-refractivity contribution < 1.29 is 4.79 Å². The smallest absolute Gasteiger partial charge is 0.221 e. The van der Waals surface area contributed by atoms with Gasteiger partial charge in [-0.05, 0) is 48.9 Å². The Hall–Kier alpha value is -2.92. The van der Waals surface area contributed by atoms with E-state index in [1.165, 1.54) is 6.92 Å². The van der Waals surface area contributed by atoms with Gasteiger partial charge in [0, 0.05) is 29.2 Å². The topological polar surface area (TPSA) is 66.4 Å². The van der Waals surface area contributed by atoms with Gasteiger partial charge in [-0.15, -0.1) is 0 Å². The Morgan fingerprint density at radius 3 is 2.76 bits per heavy atom. The van der Waals surface area contributed by atoms with Crippen LogP contribution in [-0.2, 0) is 4.79 Å². The molecule has 0 saturated carbocycles. The van der Waals surface area contributed by atoms with Crippen molar-refractivity contribution in [3.8, 4) is 0 Å². The first-order valence-corrected chi connectivity index (χ1v) is 8.13. The maximum Gasteiger partial charge on any atom is 0.221 e. The minimum absolute atomic E-state index is 0.105. The molecule has 1 heterocycles. The summed E-state index contributed by atoms with van der Waals surface area (Å²) in [6.07, 6.45) is 1.71. The van der Waals surface area contributed by atoms with E-state index in [0.717, 1.165) is 33.6 Å². The third-order valence-corrected chi connectivity index (χ3v) is 3.88. The fourth-order valence-electron chi connectivity index (χ4n) is 2.45. The monoisotopic (exact) mass is 352 g/mol. The zero-order valence-electron chi connectivity index (χ0n) is 13.9. The van der Waals surface area contributed by atoms with Crippen LogP contribution in [0.15, 0.2) is 59.8 Å². The third kappa shape index (κ3) is 4.14. The first-order chi connectivity index (χ1) is 12.0. The van der Waals surface area contributed by atoms with E-state index in [9.17, 15) is 4.79 Å². The van der Waals surface area contributed by atoms with Gasteiger partial charge in [-0.3, -0.25) is 15.2 Å². The maximum absolute atomic E-state index is 11.2. The highest BCUT2D eigenvalue weighted by Crippen LogP contribution is 2.24. The number of amides is 1. The van der Waals surface area contributed by atoms with Crippen molar-refractivity contribution in [1.82, 2.24) is 4.98 Å². The molecular formula is C19H17ClN4O. The molecule has 0 saturated heterocycles. The summed E-state index contributed by atoms with van der Waals surface area (Å²) in [5, 5.41) is 8.80. The Morgan fingerprint density at radius 2 is 1.96 bits per heavy atom. The van der Waals surface area contributed by atoms with Crippen molar-refractivity contribution in [3.63, 3.8) is 0 Å². The predicted octanol–water partition coefficient (Wildman–Crippen LogP) is 4.68. The molecule has 0 bridgehead atoms. The molecule has 0 spiro atoms. The Kier molecular flexibility index (Phi) is 4.95. The second kappa shape index (κ2) is 7.32. The van der Waals surface area contributed by atoms with Crippen LogP contribution in [0.1, 0.15) is 19.4 Å². The number of carbonyl (C=O) groups excluding carboxylic acids is 1. The molecular weight excluding hydrogens is 336 g/mol. The number of nitrogens with zero attached hydrogens (tertiary/aromatic N) is 2. The van der Waals surface area contributed by atoms with Crippen molar-refractivity contribution in [2.24, 2.45) is 5.10 Å². The Bertz CT molecular complexity index is 969. The number of benzene rings is 2. The Morgan fingerprint density at radius 1 is 1.12 bits per heavy atom. The number of hydrogen-bond acceptors (Lipinski definition) is 4. The van der Waals surface area contributed by atoms with Crippen LogP contribution in [0.3, 0.4) is 0 Å². The van der Waals surface area contributed by atoms with Gasteiger partial charge < -0.3 is 5.32 Å². The van der Waals surface area contributed by atoms with Gasteiger partial charge in [-0.25, -0.2) is 0 Å². The normalized spacial score (nSPS) is 11.4. The van der Waals surface area contributed by atoms with E-state index in [0.29, 0.717) is 5.02 Å². The molecule has 126 valence electrons. The van der Waals surface area contributed by atoms with Crippen LogP contribution in [-0.4, -0.2) is 16.6 Å². The van der Waals surface area contributed by atoms with Gasteiger partial charge in [0.1, 0.15) is 0 Å². The van der Waals surface area contributed by atoms with E-state index >= 15 is 0 Å². The first-order valence-electron chi connectivity index (χ1n) is 7.75. The molecule has 0 aliphatic carbocycles. The molecule has 6 heteroatoms. The van der Waals surface area contributed by atoms with Crippen LogP contribution in [0.4, 0.5) is 11.4 Å². The lowest BCUT2D eigenvalue weighted by atomic mass is 10.1. The van der Waals surface area contributed by atoms with Crippen LogP contribution >= 0.6 is 11.6 Å². The van der Waals surface area contributed by atoms with Crippen LogP contribution < -0.4 is 10.7 Å². The number of pyridine rings is 1. The van der Waals surface area contributed by atoms with Gasteiger partial charge in [-0.1, -0.05) is 23.7 Å². The minimum Gasteiger partial charge on any atom is -0.326 e. The first kappa shape index (κ1) is 16.9. The van der Waals surface area contributed by atoms with E-state index in [2.05, 4.69) is 20.8 Å². The van der Waals surface area contributed by atoms with Gasteiger partial charge >= 0.3 is 0 Å². The predicted molar refractivity (Wildman–Crippen MR) is 103 cm³/mol. The second-order valence-corrected chi connectivity index (χ2v) is 6.03. The van der Waals surface area contributed by atoms with E-state index in [1.807, 2.05) is 55.5 Å². The molecule has 3 rings (SSSR count). The standard InChI is InChI=1S/C19H17ClN4O/c1-12(14-4-3-5-16(10-14)22-13(2)25)23-24-18-8-9-21-19-11-15(20)6-7-17(18)19/h3-11H,1-2H3,(H,21,24)(H,22,25)/b23-12+. The minimum atomic E-state index is -0.105. The molecule has 2 aromatic carbocycles. The van der Waals surface area contributed by atoms with Gasteiger partial charge in [0.15, 0.2) is 0 Å². The lowest BCUT2D eigenvalue weighted by Gasteiger charge is -2.08. The molecule has 0 aliphatic heterocycles. The van der Waals surface area contributed by atoms with Crippen molar-refractivity contribution in [3.05, 3.63) is 65.3 Å². The summed E-state index contributed by atoms with van der Waals surface area (Å²) in [6.45, 7) is 3.39. The van der Waals surface area contributed by atoms with Gasteiger partial charge in [0.05, 0.1) is 16.9 Å². The number of hydrogen-bond donors (Lipinski definition) is 2. The highest BCUT2D eigenvalue weighted by molar-refractivity contribution is 6.31. The summed E-state index contributed by atoms with van der Waals surface area (Å²) in [5.74, 6) is -0.105. The van der Waals surface area contributed by atoms with Crippen molar-refractivity contribution >= 4 is 45.5 Å². The largest absolute Gasteiger partial charge is 0.326 e. The number of hydrazone groups is 1. The van der Waals surface area contributed by atoms with E-state index < -0.39 is 0 Å². The molecule has 0 aliphatic rings. The number of rotatable bonds is 4. The Balaban J connectivity index is 1.86. The van der Waals surface area contributed by atoms with E-state index in [-0.39, 0.29) is 5.91 Å². The van der Waals surface area contributed by atoms with E-state index in [4.69, 9.17) is 11.6 Å². The van der Waals surface area contributed by atoms with E-state index in [1.54, 1.807) is 6.20 Å². The zero-order valence-corrected chi connectivity index (χ0v) is 14.6. The number of anilines is 2. The number of aromatic nitrogens is 1. The zero-order chi connectivity index (χ0) is 17.8. The molecule has 25 heavy (non-hydrogen) atoms. The lowest BCUT2D eigenvalue weighted by molar-refractivity contribution is -0.114. The van der Waals surface area contributed by atoms with Crippen LogP contribution in [0.5, 0.6) is 0 Å². The molecule has 0 unspecified atom stereocenters. The lowest BCUT2D eigenvalue weighted by Crippen LogP contribution is -2.07.